The Morgan fingerprint density at radius 2 is 2.10 bits per heavy atom. The lowest BCUT2D eigenvalue weighted by atomic mass is 10.1. The molecule has 0 spiro atoms. The van der Waals surface area contributed by atoms with Crippen LogP contribution >= 0.6 is 0 Å². The number of benzene rings is 1. The number of imidazole rings is 1. The molecule has 2 rings (SSSR count). The maximum atomic E-state index is 10.9. The van der Waals surface area contributed by atoms with Crippen molar-refractivity contribution in [3.8, 4) is 0 Å². The highest BCUT2D eigenvalue weighted by Gasteiger charge is 2.17. The van der Waals surface area contributed by atoms with Crippen LogP contribution in [0.2, 0.25) is 0 Å². The number of aryl methyl sites for hydroxylation is 2. The molecule has 1 aromatic carbocycles. The summed E-state index contributed by atoms with van der Waals surface area (Å²) in [6, 6.07) is 6.05. The van der Waals surface area contributed by atoms with Gasteiger partial charge in [0.1, 0.15) is 12.7 Å². The van der Waals surface area contributed by atoms with E-state index in [-0.39, 0.29) is 19.0 Å². The first-order valence-corrected chi connectivity index (χ1v) is 6.59. The number of aliphatic hydroxyl groups excluding tert-OH is 1. The predicted octanol–water partition coefficient (Wildman–Crippen LogP) is 2.57. The molecule has 0 fully saturated rings. The Hall–Kier alpha value is -2.47. The minimum Gasteiger partial charge on any atom is -0.392 e. The number of nitro groups is 1. The molecule has 0 aliphatic rings. The van der Waals surface area contributed by atoms with Crippen molar-refractivity contribution in [2.24, 2.45) is 0 Å². The Labute approximate surface area is 122 Å². The van der Waals surface area contributed by atoms with Crippen LogP contribution in [-0.2, 0) is 6.54 Å². The quantitative estimate of drug-likeness (QED) is 0.677. The van der Waals surface area contributed by atoms with Crippen molar-refractivity contribution in [1.82, 2.24) is 9.55 Å². The fourth-order valence-corrected chi connectivity index (χ4v) is 2.03. The average molecular weight is 287 g/mol. The van der Waals surface area contributed by atoms with Gasteiger partial charge in [0.25, 0.3) is 0 Å². The van der Waals surface area contributed by atoms with E-state index in [9.17, 15) is 10.1 Å². The molecule has 1 aromatic heterocycles. The molecule has 0 saturated carbocycles. The van der Waals surface area contributed by atoms with E-state index in [0.717, 1.165) is 5.56 Å². The van der Waals surface area contributed by atoms with Gasteiger partial charge >= 0.3 is 5.82 Å². The third kappa shape index (κ3) is 3.35. The summed E-state index contributed by atoms with van der Waals surface area (Å²) in [5.41, 5.74) is 3.39. The van der Waals surface area contributed by atoms with E-state index in [2.05, 4.69) is 4.98 Å². The average Bonchev–Trinajstić information content (AvgIpc) is 2.84. The summed E-state index contributed by atoms with van der Waals surface area (Å²) < 4.78 is 1.39. The summed E-state index contributed by atoms with van der Waals surface area (Å²) in [7, 11) is 0. The fraction of sp³-hybridized carbons (Fsp3) is 0.267. The smallest absolute Gasteiger partial charge is 0.343 e. The van der Waals surface area contributed by atoms with E-state index < -0.39 is 4.92 Å². The number of aliphatic hydroxyl groups is 1. The molecule has 2 aromatic rings. The van der Waals surface area contributed by atoms with E-state index in [1.54, 1.807) is 6.08 Å². The van der Waals surface area contributed by atoms with Crippen LogP contribution in [0, 0.1) is 24.0 Å². The van der Waals surface area contributed by atoms with Crippen LogP contribution in [0.1, 0.15) is 22.5 Å². The second kappa shape index (κ2) is 6.32. The van der Waals surface area contributed by atoms with Crippen molar-refractivity contribution in [3.05, 3.63) is 57.0 Å². The zero-order valence-electron chi connectivity index (χ0n) is 12.0. The Morgan fingerprint density at radius 1 is 1.33 bits per heavy atom. The fourth-order valence-electron chi connectivity index (χ4n) is 2.03. The van der Waals surface area contributed by atoms with Gasteiger partial charge in [0.15, 0.2) is 0 Å². The zero-order chi connectivity index (χ0) is 15.4. The van der Waals surface area contributed by atoms with Gasteiger partial charge in [-0.3, -0.25) is 0 Å². The first kappa shape index (κ1) is 14.9. The number of aromatic nitrogens is 2. The Morgan fingerprint density at radius 3 is 2.71 bits per heavy atom. The van der Waals surface area contributed by atoms with Gasteiger partial charge in [0.2, 0.25) is 5.82 Å². The van der Waals surface area contributed by atoms with Crippen LogP contribution in [0.3, 0.4) is 0 Å². The van der Waals surface area contributed by atoms with Gasteiger partial charge in [0, 0.05) is 6.08 Å². The lowest BCUT2D eigenvalue weighted by Gasteiger charge is -2.01. The maximum absolute atomic E-state index is 10.9. The van der Waals surface area contributed by atoms with Gasteiger partial charge in [0.05, 0.1) is 6.61 Å². The molecule has 0 atom stereocenters. The summed E-state index contributed by atoms with van der Waals surface area (Å²) in [4.78, 5) is 14.4. The van der Waals surface area contributed by atoms with Gasteiger partial charge < -0.3 is 15.2 Å². The standard InChI is InChI=1S/C15H17N3O3/c1-11-3-4-13(9-12(11)2)5-6-14-16-10-15(18(20)21)17(14)7-8-19/h3-6,9-10,19H,7-8H2,1-2H3/b6-5+. The summed E-state index contributed by atoms with van der Waals surface area (Å²) >= 11 is 0. The Balaban J connectivity index is 2.31. The van der Waals surface area contributed by atoms with E-state index in [0.29, 0.717) is 5.82 Å². The van der Waals surface area contributed by atoms with Crippen LogP contribution in [0.25, 0.3) is 12.2 Å². The summed E-state index contributed by atoms with van der Waals surface area (Å²) in [5, 5.41) is 19.9. The SMILES string of the molecule is Cc1ccc(/C=C/c2ncc([N+](=O)[O-])n2CCO)cc1C. The van der Waals surface area contributed by atoms with E-state index >= 15 is 0 Å². The van der Waals surface area contributed by atoms with Crippen LogP contribution in [0.15, 0.2) is 24.4 Å². The molecule has 0 bridgehead atoms. The first-order valence-electron chi connectivity index (χ1n) is 6.59. The highest BCUT2D eigenvalue weighted by Crippen LogP contribution is 2.17. The van der Waals surface area contributed by atoms with Crippen LogP contribution < -0.4 is 0 Å². The molecule has 110 valence electrons. The lowest BCUT2D eigenvalue weighted by Crippen LogP contribution is -2.07. The molecule has 0 aliphatic heterocycles. The highest BCUT2D eigenvalue weighted by atomic mass is 16.6. The van der Waals surface area contributed by atoms with Crippen molar-refractivity contribution in [1.29, 1.82) is 0 Å². The van der Waals surface area contributed by atoms with Gasteiger partial charge in [-0.1, -0.05) is 18.2 Å². The molecule has 0 unspecified atom stereocenters. The Bertz CT molecular complexity index is 689. The molecule has 0 radical (unpaired) electrons. The molecule has 6 heteroatoms. The molecule has 21 heavy (non-hydrogen) atoms. The van der Waals surface area contributed by atoms with Gasteiger partial charge in [-0.2, -0.15) is 0 Å². The van der Waals surface area contributed by atoms with Crippen molar-refractivity contribution in [2.75, 3.05) is 6.61 Å². The molecule has 1 N–H and O–H groups in total. The number of nitrogens with zero attached hydrogens (tertiary/aromatic N) is 3. The second-order valence-corrected chi connectivity index (χ2v) is 4.78. The van der Waals surface area contributed by atoms with Crippen LogP contribution in [-0.4, -0.2) is 26.2 Å². The molecule has 0 saturated heterocycles. The summed E-state index contributed by atoms with van der Waals surface area (Å²) in [5.74, 6) is 0.331. The summed E-state index contributed by atoms with van der Waals surface area (Å²) in [6.07, 6.45) is 4.77. The number of hydrogen-bond acceptors (Lipinski definition) is 4. The number of rotatable bonds is 5. The van der Waals surface area contributed by atoms with Gasteiger partial charge in [-0.15, -0.1) is 0 Å². The topological polar surface area (TPSA) is 81.2 Å². The summed E-state index contributed by atoms with van der Waals surface area (Å²) in [6.45, 7) is 4.04. The maximum Gasteiger partial charge on any atom is 0.343 e. The molecular weight excluding hydrogens is 270 g/mol. The number of hydrogen-bond donors (Lipinski definition) is 1. The zero-order valence-corrected chi connectivity index (χ0v) is 12.0. The monoisotopic (exact) mass is 287 g/mol. The highest BCUT2D eigenvalue weighted by molar-refractivity contribution is 5.68. The van der Waals surface area contributed by atoms with E-state index in [4.69, 9.17) is 5.11 Å². The normalized spacial score (nSPS) is 11.2. The van der Waals surface area contributed by atoms with Crippen LogP contribution in [0.4, 0.5) is 5.82 Å². The van der Waals surface area contributed by atoms with Crippen molar-refractivity contribution >= 4 is 18.0 Å². The third-order valence-electron chi connectivity index (χ3n) is 3.33. The molecule has 6 nitrogen and oxygen atoms in total. The van der Waals surface area contributed by atoms with Gasteiger partial charge in [-0.05, 0) is 41.5 Å². The second-order valence-electron chi connectivity index (χ2n) is 4.78. The van der Waals surface area contributed by atoms with Crippen molar-refractivity contribution < 1.29 is 10.0 Å². The van der Waals surface area contributed by atoms with E-state index in [1.807, 2.05) is 38.1 Å². The van der Waals surface area contributed by atoms with Crippen molar-refractivity contribution in [2.45, 2.75) is 20.4 Å². The molecule has 1 heterocycles. The third-order valence-corrected chi connectivity index (χ3v) is 3.33. The first-order chi connectivity index (χ1) is 10.0. The van der Waals surface area contributed by atoms with Gasteiger partial charge in [-0.25, -0.2) is 9.55 Å². The Kier molecular flexibility index (Phi) is 4.49. The molecule has 0 amide bonds. The largest absolute Gasteiger partial charge is 0.392 e. The predicted molar refractivity (Wildman–Crippen MR) is 80.8 cm³/mol. The minimum absolute atomic E-state index is 0.121. The van der Waals surface area contributed by atoms with E-state index in [1.165, 1.54) is 21.9 Å². The molecular formula is C15H17N3O3. The molecule has 0 aliphatic carbocycles. The van der Waals surface area contributed by atoms with Crippen molar-refractivity contribution in [3.63, 3.8) is 0 Å². The van der Waals surface area contributed by atoms with Crippen LogP contribution in [0.5, 0.6) is 0 Å². The minimum atomic E-state index is -0.504. The lowest BCUT2D eigenvalue weighted by molar-refractivity contribution is -0.392.